The summed E-state index contributed by atoms with van der Waals surface area (Å²) < 4.78 is 0. The Balaban J connectivity index is 2.15. The first-order valence-electron chi connectivity index (χ1n) is 6.09. The van der Waals surface area contributed by atoms with Crippen molar-refractivity contribution in [3.63, 3.8) is 0 Å². The topological polar surface area (TPSA) is 68.1 Å². The van der Waals surface area contributed by atoms with Gasteiger partial charge in [0, 0.05) is 6.20 Å². The molecule has 0 spiro atoms. The highest BCUT2D eigenvalue weighted by Crippen LogP contribution is 2.34. The second kappa shape index (κ2) is 4.97. The zero-order valence-corrected chi connectivity index (χ0v) is 10.5. The van der Waals surface area contributed by atoms with Crippen molar-refractivity contribution in [2.45, 2.75) is 0 Å². The minimum atomic E-state index is -0.360. The van der Waals surface area contributed by atoms with Crippen LogP contribution in [0.1, 0.15) is 0 Å². The van der Waals surface area contributed by atoms with Crippen molar-refractivity contribution in [2.24, 2.45) is 0 Å². The van der Waals surface area contributed by atoms with Crippen LogP contribution in [0.5, 0.6) is 0 Å². The molecule has 5 nitrogen and oxygen atoms in total. The summed E-state index contributed by atoms with van der Waals surface area (Å²) in [5.41, 5.74) is 1.25. The van der Waals surface area contributed by atoms with E-state index in [0.29, 0.717) is 16.8 Å². The molecule has 1 heterocycles. The van der Waals surface area contributed by atoms with E-state index in [2.05, 4.69) is 10.3 Å². The van der Waals surface area contributed by atoms with Crippen LogP contribution >= 0.6 is 0 Å². The zero-order valence-electron chi connectivity index (χ0n) is 10.5. The molecule has 0 aliphatic rings. The Hall–Kier alpha value is -2.95. The fraction of sp³-hybridized carbons (Fsp3) is 0. The van der Waals surface area contributed by atoms with E-state index < -0.39 is 0 Å². The fourth-order valence-electron chi connectivity index (χ4n) is 2.14. The molecule has 0 atom stereocenters. The van der Waals surface area contributed by atoms with Crippen LogP contribution in [0, 0.1) is 10.1 Å². The molecule has 3 rings (SSSR count). The number of fused-ring (bicyclic) bond motifs is 1. The van der Waals surface area contributed by atoms with Gasteiger partial charge in [-0.25, -0.2) is 0 Å². The van der Waals surface area contributed by atoms with Gasteiger partial charge in [-0.05, 0) is 29.7 Å². The fourth-order valence-corrected chi connectivity index (χ4v) is 2.14. The van der Waals surface area contributed by atoms with Crippen molar-refractivity contribution < 1.29 is 4.92 Å². The molecule has 1 aromatic heterocycles. The number of rotatable bonds is 3. The maximum atomic E-state index is 11.4. The smallest absolute Gasteiger partial charge is 0.300 e. The molecule has 0 saturated carbocycles. The summed E-state index contributed by atoms with van der Waals surface area (Å²) in [6.45, 7) is 0. The van der Waals surface area contributed by atoms with Gasteiger partial charge < -0.3 is 5.32 Å². The van der Waals surface area contributed by atoms with Crippen LogP contribution < -0.4 is 5.32 Å². The lowest BCUT2D eigenvalue weighted by Crippen LogP contribution is -1.98. The van der Waals surface area contributed by atoms with E-state index in [0.717, 1.165) is 5.39 Å². The van der Waals surface area contributed by atoms with Crippen LogP contribution in [0.4, 0.5) is 17.1 Å². The summed E-state index contributed by atoms with van der Waals surface area (Å²) in [4.78, 5) is 15.0. The maximum absolute atomic E-state index is 11.4. The molecule has 98 valence electrons. The molecular formula is C15H11N3O2. The average molecular weight is 265 g/mol. The van der Waals surface area contributed by atoms with E-state index in [1.54, 1.807) is 36.7 Å². The number of pyridine rings is 1. The molecule has 20 heavy (non-hydrogen) atoms. The van der Waals surface area contributed by atoms with E-state index in [1.165, 1.54) is 0 Å². The Labute approximate surface area is 115 Å². The van der Waals surface area contributed by atoms with Gasteiger partial charge in [0.25, 0.3) is 5.69 Å². The van der Waals surface area contributed by atoms with Crippen LogP contribution in [0.15, 0.2) is 60.9 Å². The zero-order chi connectivity index (χ0) is 13.9. The number of hydrogen-bond acceptors (Lipinski definition) is 4. The van der Waals surface area contributed by atoms with Gasteiger partial charge in [-0.1, -0.05) is 24.3 Å². The lowest BCUT2D eigenvalue weighted by molar-refractivity contribution is -0.382. The molecule has 0 radical (unpaired) electrons. The Kier molecular flexibility index (Phi) is 3.01. The Morgan fingerprint density at radius 1 is 1.05 bits per heavy atom. The van der Waals surface area contributed by atoms with Gasteiger partial charge in [-0.15, -0.1) is 0 Å². The highest BCUT2D eigenvalue weighted by Gasteiger charge is 2.18. The standard InChI is InChI=1S/C15H11N3O2/c19-18(20)15-13-6-2-1-4-11(13)7-8-14(15)17-12-5-3-9-16-10-12/h1-10,17H. The van der Waals surface area contributed by atoms with E-state index in [9.17, 15) is 10.1 Å². The summed E-state index contributed by atoms with van der Waals surface area (Å²) in [5.74, 6) is 0. The van der Waals surface area contributed by atoms with Crippen LogP contribution in [0.25, 0.3) is 10.8 Å². The molecule has 0 amide bonds. The number of hydrogen-bond donors (Lipinski definition) is 1. The van der Waals surface area contributed by atoms with E-state index in [1.807, 2.05) is 24.3 Å². The predicted molar refractivity (Wildman–Crippen MR) is 78.1 cm³/mol. The van der Waals surface area contributed by atoms with Crippen molar-refractivity contribution in [1.29, 1.82) is 0 Å². The number of aromatic nitrogens is 1. The van der Waals surface area contributed by atoms with Crippen LogP contribution in [0.2, 0.25) is 0 Å². The van der Waals surface area contributed by atoms with Crippen molar-refractivity contribution in [1.82, 2.24) is 4.98 Å². The number of nitro benzene ring substituents is 1. The molecule has 3 aromatic rings. The first-order valence-corrected chi connectivity index (χ1v) is 6.09. The molecule has 0 aliphatic carbocycles. The van der Waals surface area contributed by atoms with Gasteiger partial charge in [-0.3, -0.25) is 15.1 Å². The lowest BCUT2D eigenvalue weighted by atomic mass is 10.1. The first-order chi connectivity index (χ1) is 9.75. The largest absolute Gasteiger partial charge is 0.349 e. The van der Waals surface area contributed by atoms with Gasteiger partial charge in [0.1, 0.15) is 5.69 Å². The third-order valence-corrected chi connectivity index (χ3v) is 3.02. The van der Waals surface area contributed by atoms with Gasteiger partial charge >= 0.3 is 0 Å². The second-order valence-corrected chi connectivity index (χ2v) is 4.31. The van der Waals surface area contributed by atoms with E-state index in [4.69, 9.17) is 0 Å². The summed E-state index contributed by atoms with van der Waals surface area (Å²) >= 11 is 0. The minimum absolute atomic E-state index is 0.0759. The molecule has 0 aliphatic heterocycles. The maximum Gasteiger partial charge on any atom is 0.300 e. The number of nitro groups is 1. The average Bonchev–Trinajstić information content (AvgIpc) is 2.47. The first kappa shape index (κ1) is 12.1. The van der Waals surface area contributed by atoms with Crippen molar-refractivity contribution in [2.75, 3.05) is 5.32 Å². The summed E-state index contributed by atoms with van der Waals surface area (Å²) in [6.07, 6.45) is 3.28. The number of benzene rings is 2. The molecule has 0 unspecified atom stereocenters. The monoisotopic (exact) mass is 265 g/mol. The van der Waals surface area contributed by atoms with Crippen LogP contribution in [-0.4, -0.2) is 9.91 Å². The Bertz CT molecular complexity index is 772. The van der Waals surface area contributed by atoms with Crippen LogP contribution in [0.3, 0.4) is 0 Å². The van der Waals surface area contributed by atoms with Gasteiger partial charge in [0.2, 0.25) is 0 Å². The van der Waals surface area contributed by atoms with Crippen LogP contribution in [-0.2, 0) is 0 Å². The SMILES string of the molecule is O=[N+]([O-])c1c(Nc2cccnc2)ccc2ccccc12. The summed E-state index contributed by atoms with van der Waals surface area (Å²) in [5, 5.41) is 15.9. The van der Waals surface area contributed by atoms with E-state index in [-0.39, 0.29) is 10.6 Å². The molecule has 0 fully saturated rings. The number of nitrogens with zero attached hydrogens (tertiary/aromatic N) is 2. The van der Waals surface area contributed by atoms with Gasteiger partial charge in [0.15, 0.2) is 0 Å². The molecule has 1 N–H and O–H groups in total. The predicted octanol–water partition coefficient (Wildman–Crippen LogP) is 3.89. The molecule has 2 aromatic carbocycles. The third-order valence-electron chi connectivity index (χ3n) is 3.02. The summed E-state index contributed by atoms with van der Waals surface area (Å²) in [7, 11) is 0. The minimum Gasteiger partial charge on any atom is -0.349 e. The van der Waals surface area contributed by atoms with Crippen molar-refractivity contribution in [3.8, 4) is 0 Å². The van der Waals surface area contributed by atoms with Crippen molar-refractivity contribution in [3.05, 3.63) is 71.0 Å². The highest BCUT2D eigenvalue weighted by atomic mass is 16.6. The molecule has 0 saturated heterocycles. The highest BCUT2D eigenvalue weighted by molar-refractivity contribution is 5.97. The van der Waals surface area contributed by atoms with Gasteiger partial charge in [0.05, 0.1) is 22.2 Å². The third kappa shape index (κ3) is 2.16. The quantitative estimate of drug-likeness (QED) is 0.576. The molecule has 0 bridgehead atoms. The van der Waals surface area contributed by atoms with Crippen molar-refractivity contribution >= 4 is 27.8 Å². The molecule has 5 heteroatoms. The number of anilines is 2. The second-order valence-electron chi connectivity index (χ2n) is 4.31. The van der Waals surface area contributed by atoms with E-state index >= 15 is 0 Å². The molecular weight excluding hydrogens is 254 g/mol. The Morgan fingerprint density at radius 2 is 1.90 bits per heavy atom. The Morgan fingerprint density at radius 3 is 2.65 bits per heavy atom. The lowest BCUT2D eigenvalue weighted by Gasteiger charge is -2.08. The number of nitrogens with one attached hydrogen (secondary N) is 1. The normalized spacial score (nSPS) is 10.4. The summed E-state index contributed by atoms with van der Waals surface area (Å²) in [6, 6.07) is 14.4. The van der Waals surface area contributed by atoms with Gasteiger partial charge in [-0.2, -0.15) is 0 Å².